The summed E-state index contributed by atoms with van der Waals surface area (Å²) in [7, 11) is 0. The SMILES string of the molecule is Cc1ccc(-c2ccc(C(=O)NC(C(=O)NC3C(=O)N4C(C(=O)O)=C(CSn5cnc(CC(=O)O)n5)CS[C@@H]34)c3ccc(O)cc3)c(=O)[nH]2)cc1. The number of phenolic OH excluding ortho intramolecular Hbond substituents is 1. The average molecular weight is 732 g/mol. The molecule has 6 rings (SSSR count). The van der Waals surface area contributed by atoms with Crippen LogP contribution in [0, 0.1) is 6.92 Å². The van der Waals surface area contributed by atoms with Crippen LogP contribution in [0.15, 0.2) is 83.1 Å². The summed E-state index contributed by atoms with van der Waals surface area (Å²) in [4.78, 5) is 84.4. The number of carbonyl (C=O) groups excluding carboxylic acids is 3. The van der Waals surface area contributed by atoms with Crippen LogP contribution < -0.4 is 16.2 Å². The molecule has 0 aliphatic carbocycles. The predicted molar refractivity (Wildman–Crippen MR) is 184 cm³/mol. The summed E-state index contributed by atoms with van der Waals surface area (Å²) in [5.74, 6) is -4.49. The number of β-lactam (4-membered cyclic amide) rings is 1. The van der Waals surface area contributed by atoms with Crippen molar-refractivity contribution in [1.29, 1.82) is 0 Å². The number of rotatable bonds is 12. The Morgan fingerprint density at radius 3 is 2.43 bits per heavy atom. The quantitative estimate of drug-likeness (QED) is 0.114. The number of aromatic amines is 1. The molecule has 4 heterocycles. The fourth-order valence-electron chi connectivity index (χ4n) is 5.46. The van der Waals surface area contributed by atoms with Gasteiger partial charge < -0.3 is 30.9 Å². The summed E-state index contributed by atoms with van der Waals surface area (Å²) in [6.45, 7) is 1.93. The van der Waals surface area contributed by atoms with Crippen LogP contribution in [0.1, 0.15) is 33.4 Å². The third-order valence-electron chi connectivity index (χ3n) is 8.03. The maximum atomic E-state index is 13.7. The second kappa shape index (κ2) is 14.5. The number of aromatic hydroxyl groups is 1. The number of benzene rings is 2. The van der Waals surface area contributed by atoms with Crippen LogP contribution in [0.25, 0.3) is 11.3 Å². The largest absolute Gasteiger partial charge is 0.508 e. The molecule has 0 bridgehead atoms. The van der Waals surface area contributed by atoms with E-state index in [0.717, 1.165) is 28.0 Å². The number of carbonyl (C=O) groups is 5. The Morgan fingerprint density at radius 2 is 1.76 bits per heavy atom. The van der Waals surface area contributed by atoms with E-state index in [1.165, 1.54) is 52.5 Å². The summed E-state index contributed by atoms with van der Waals surface area (Å²) in [5.41, 5.74) is 1.73. The highest BCUT2D eigenvalue weighted by Gasteiger charge is 2.54. The van der Waals surface area contributed by atoms with E-state index in [-0.39, 0.29) is 46.3 Å². The fourth-order valence-corrected chi connectivity index (χ4v) is 7.73. The normalized spacial score (nSPS) is 17.3. The van der Waals surface area contributed by atoms with Gasteiger partial charge in [-0.3, -0.25) is 28.9 Å². The molecule has 16 nitrogen and oxygen atoms in total. The van der Waals surface area contributed by atoms with Gasteiger partial charge in [0.25, 0.3) is 17.4 Å². The zero-order valence-electron chi connectivity index (χ0n) is 26.6. The molecule has 3 atom stereocenters. The zero-order chi connectivity index (χ0) is 36.4. The van der Waals surface area contributed by atoms with E-state index >= 15 is 0 Å². The lowest BCUT2D eigenvalue weighted by atomic mass is 10.0. The Bertz CT molecular complexity index is 2130. The van der Waals surface area contributed by atoms with E-state index in [2.05, 4.69) is 25.7 Å². The number of nitrogens with zero attached hydrogens (tertiary/aromatic N) is 4. The molecule has 4 aromatic rings. The predicted octanol–water partition coefficient (Wildman–Crippen LogP) is 1.68. The van der Waals surface area contributed by atoms with Gasteiger partial charge in [-0.1, -0.05) is 42.0 Å². The lowest BCUT2D eigenvalue weighted by molar-refractivity contribution is -0.151. The Kier molecular flexibility index (Phi) is 9.97. The van der Waals surface area contributed by atoms with E-state index in [1.54, 1.807) is 6.07 Å². The van der Waals surface area contributed by atoms with E-state index < -0.39 is 52.7 Å². The van der Waals surface area contributed by atoms with Gasteiger partial charge in [-0.05, 0) is 59.8 Å². The molecule has 2 aromatic heterocycles. The maximum absolute atomic E-state index is 13.7. The van der Waals surface area contributed by atoms with Crippen molar-refractivity contribution in [3.63, 3.8) is 0 Å². The minimum atomic E-state index is -1.40. The first-order valence-corrected chi connectivity index (χ1v) is 17.2. The van der Waals surface area contributed by atoms with Crippen molar-refractivity contribution in [1.82, 2.24) is 34.7 Å². The van der Waals surface area contributed by atoms with Crippen LogP contribution >= 0.6 is 23.7 Å². The molecular formula is C33H29N7O9S2. The molecule has 2 unspecified atom stereocenters. The van der Waals surface area contributed by atoms with E-state index in [1.807, 2.05) is 31.2 Å². The molecule has 2 aromatic carbocycles. The number of aromatic nitrogens is 4. The topological polar surface area (TPSA) is 237 Å². The number of carboxylic acids is 2. The number of pyridine rings is 1. The number of hydrogen-bond acceptors (Lipinski definition) is 11. The Hall–Kier alpha value is -5.88. The lowest BCUT2D eigenvalue weighted by Gasteiger charge is -2.49. The number of aliphatic carboxylic acids is 2. The molecule has 2 aliphatic heterocycles. The van der Waals surface area contributed by atoms with Gasteiger partial charge >= 0.3 is 11.9 Å². The summed E-state index contributed by atoms with van der Waals surface area (Å²) in [6, 6.07) is 13.2. The summed E-state index contributed by atoms with van der Waals surface area (Å²) in [6.07, 6.45) is 0.934. The second-order valence-electron chi connectivity index (χ2n) is 11.5. The van der Waals surface area contributed by atoms with Gasteiger partial charge in [0.2, 0.25) is 5.91 Å². The Balaban J connectivity index is 1.17. The molecule has 0 spiro atoms. The fraction of sp³-hybridized carbons (Fsp3) is 0.212. The van der Waals surface area contributed by atoms with Gasteiger partial charge in [-0.2, -0.15) is 4.09 Å². The number of phenols is 1. The highest BCUT2D eigenvalue weighted by molar-refractivity contribution is 8.00. The Morgan fingerprint density at radius 1 is 1.04 bits per heavy atom. The molecule has 262 valence electrons. The van der Waals surface area contributed by atoms with E-state index in [4.69, 9.17) is 5.11 Å². The third kappa shape index (κ3) is 7.51. The molecule has 0 radical (unpaired) electrons. The minimum Gasteiger partial charge on any atom is -0.508 e. The zero-order valence-corrected chi connectivity index (χ0v) is 28.2. The van der Waals surface area contributed by atoms with Crippen LogP contribution in [0.4, 0.5) is 0 Å². The smallest absolute Gasteiger partial charge is 0.352 e. The highest BCUT2D eigenvalue weighted by Crippen LogP contribution is 2.41. The van der Waals surface area contributed by atoms with Crippen LogP contribution in [0.3, 0.4) is 0 Å². The molecule has 18 heteroatoms. The Labute approximate surface area is 297 Å². The van der Waals surface area contributed by atoms with Crippen molar-refractivity contribution in [2.75, 3.05) is 11.5 Å². The molecule has 2 aliphatic rings. The number of thioether (sulfide) groups is 1. The standard InChI is InChI=1S/C33H29N7O9S2/c1-16-2-4-17(5-3-16)22-11-10-21(28(44)35-22)29(45)36-25(18-6-8-20(41)9-7-18)30(46)37-26-31(47)40-27(33(48)49)19(13-50-32(26)40)14-51-39-15-34-23(38-39)12-24(42)43/h2-11,15,25-26,32,41H,12-14H2,1H3,(H,35,44)(H,36,45)(H,37,46)(H,42,43)(H,48,49)/t25?,26?,32-/m0/s1. The van der Waals surface area contributed by atoms with Crippen molar-refractivity contribution in [2.24, 2.45) is 0 Å². The molecule has 1 saturated heterocycles. The van der Waals surface area contributed by atoms with Gasteiger partial charge in [0.1, 0.15) is 47.2 Å². The summed E-state index contributed by atoms with van der Waals surface area (Å²) < 4.78 is 1.31. The number of amides is 3. The average Bonchev–Trinajstić information content (AvgIpc) is 3.55. The van der Waals surface area contributed by atoms with E-state index in [9.17, 15) is 39.0 Å². The monoisotopic (exact) mass is 731 g/mol. The van der Waals surface area contributed by atoms with Crippen molar-refractivity contribution in [3.05, 3.63) is 111 Å². The molecule has 6 N–H and O–H groups in total. The molecular weight excluding hydrogens is 703 g/mol. The van der Waals surface area contributed by atoms with Crippen molar-refractivity contribution < 1.29 is 39.3 Å². The van der Waals surface area contributed by atoms with Gasteiger partial charge in [0.15, 0.2) is 5.82 Å². The number of H-pyrrole nitrogens is 1. The number of hydrogen-bond donors (Lipinski definition) is 6. The lowest BCUT2D eigenvalue weighted by Crippen LogP contribution is -2.71. The van der Waals surface area contributed by atoms with E-state index in [0.29, 0.717) is 11.3 Å². The summed E-state index contributed by atoms with van der Waals surface area (Å²) >= 11 is 2.30. The first-order chi connectivity index (χ1) is 24.4. The number of nitrogens with one attached hydrogen (secondary N) is 3. The van der Waals surface area contributed by atoms with Crippen LogP contribution in [0.5, 0.6) is 5.75 Å². The second-order valence-corrected chi connectivity index (χ2v) is 13.6. The molecule has 51 heavy (non-hydrogen) atoms. The van der Waals surface area contributed by atoms with Gasteiger partial charge in [-0.15, -0.1) is 16.9 Å². The van der Waals surface area contributed by atoms with Crippen molar-refractivity contribution in [3.8, 4) is 17.0 Å². The molecule has 1 fully saturated rings. The minimum absolute atomic E-state index is 0.0849. The first-order valence-electron chi connectivity index (χ1n) is 15.3. The van der Waals surface area contributed by atoms with Crippen LogP contribution in [-0.2, 0) is 25.6 Å². The van der Waals surface area contributed by atoms with Crippen LogP contribution in [0.2, 0.25) is 0 Å². The molecule has 3 amide bonds. The maximum Gasteiger partial charge on any atom is 0.352 e. The van der Waals surface area contributed by atoms with Crippen molar-refractivity contribution in [2.45, 2.75) is 30.8 Å². The first kappa shape index (κ1) is 35.0. The van der Waals surface area contributed by atoms with Gasteiger partial charge in [0, 0.05) is 17.2 Å². The van der Waals surface area contributed by atoms with Crippen LogP contribution in [-0.4, -0.2) is 92.0 Å². The summed E-state index contributed by atoms with van der Waals surface area (Å²) in [5, 5.41) is 37.3. The highest BCUT2D eigenvalue weighted by atomic mass is 32.2. The number of fused-ring (bicyclic) bond motifs is 1. The van der Waals surface area contributed by atoms with Gasteiger partial charge in [0.05, 0.1) is 0 Å². The number of aryl methyl sites for hydroxylation is 1. The third-order valence-corrected chi connectivity index (χ3v) is 10.3. The van der Waals surface area contributed by atoms with Gasteiger partial charge in [-0.25, -0.2) is 9.78 Å². The van der Waals surface area contributed by atoms with Crippen molar-refractivity contribution >= 4 is 53.4 Å². The molecule has 0 saturated carbocycles. The number of carboxylic acid groups (broad SMARTS) is 2.